The molecule has 4 aromatic rings. The molecular formula is C23H18ClNOS. The molecule has 2 nitrogen and oxygen atoms in total. The Labute approximate surface area is 167 Å². The molecule has 0 saturated carbocycles. The molecule has 0 fully saturated rings. The molecule has 0 atom stereocenters. The first-order valence-electron chi connectivity index (χ1n) is 8.75. The number of aromatic nitrogens is 1. The predicted octanol–water partition coefficient (Wildman–Crippen LogP) is 6.32. The summed E-state index contributed by atoms with van der Waals surface area (Å²) < 4.78 is 2.20. The Morgan fingerprint density at radius 1 is 0.889 bits per heavy atom. The zero-order chi connectivity index (χ0) is 18.6. The van der Waals surface area contributed by atoms with Gasteiger partial charge in [0, 0.05) is 39.1 Å². The van der Waals surface area contributed by atoms with Gasteiger partial charge in [0.1, 0.15) is 0 Å². The van der Waals surface area contributed by atoms with Gasteiger partial charge in [-0.3, -0.25) is 4.79 Å². The van der Waals surface area contributed by atoms with Crippen LogP contribution < -0.4 is 0 Å². The van der Waals surface area contributed by atoms with Crippen LogP contribution in [-0.4, -0.2) is 16.1 Å². The lowest BCUT2D eigenvalue weighted by Crippen LogP contribution is -2.01. The first-order chi connectivity index (χ1) is 13.2. The third kappa shape index (κ3) is 3.95. The maximum Gasteiger partial charge on any atom is 0.173 e. The first kappa shape index (κ1) is 17.9. The quantitative estimate of drug-likeness (QED) is 0.283. The van der Waals surface area contributed by atoms with E-state index in [2.05, 4.69) is 22.9 Å². The molecule has 0 radical (unpaired) electrons. The Balaban J connectivity index is 1.60. The summed E-state index contributed by atoms with van der Waals surface area (Å²) in [7, 11) is 0. The van der Waals surface area contributed by atoms with Gasteiger partial charge in [-0.25, -0.2) is 0 Å². The fraction of sp³-hybridized carbons (Fsp3) is 0.0870. The number of para-hydroxylation sites is 1. The summed E-state index contributed by atoms with van der Waals surface area (Å²) in [5.74, 6) is 0.563. The minimum Gasteiger partial charge on any atom is -0.342 e. The van der Waals surface area contributed by atoms with Crippen molar-refractivity contribution in [2.75, 3.05) is 5.75 Å². The molecule has 0 amide bonds. The first-order valence-corrected chi connectivity index (χ1v) is 10.1. The van der Waals surface area contributed by atoms with Gasteiger partial charge in [0.15, 0.2) is 5.78 Å². The van der Waals surface area contributed by atoms with E-state index in [0.717, 1.165) is 31.9 Å². The van der Waals surface area contributed by atoms with Crippen molar-refractivity contribution in [1.82, 2.24) is 4.57 Å². The minimum absolute atomic E-state index is 0.142. The number of thioether (sulfide) groups is 1. The summed E-state index contributed by atoms with van der Waals surface area (Å²) in [5, 5.41) is 1.93. The average molecular weight is 392 g/mol. The van der Waals surface area contributed by atoms with Crippen LogP contribution in [0.15, 0.2) is 90.0 Å². The summed E-state index contributed by atoms with van der Waals surface area (Å²) in [6.45, 7) is 0.702. The second kappa shape index (κ2) is 8.03. The van der Waals surface area contributed by atoms with Gasteiger partial charge in [-0.1, -0.05) is 78.3 Å². The molecule has 0 N–H and O–H groups in total. The van der Waals surface area contributed by atoms with Crippen molar-refractivity contribution in [3.05, 3.63) is 101 Å². The number of rotatable bonds is 6. The largest absolute Gasteiger partial charge is 0.342 e. The van der Waals surface area contributed by atoms with Gasteiger partial charge in [-0.2, -0.15) is 0 Å². The van der Waals surface area contributed by atoms with E-state index in [1.54, 1.807) is 11.8 Å². The third-order valence-electron chi connectivity index (χ3n) is 4.51. The number of hydrogen-bond donors (Lipinski definition) is 0. The zero-order valence-electron chi connectivity index (χ0n) is 14.6. The summed E-state index contributed by atoms with van der Waals surface area (Å²) >= 11 is 7.92. The monoisotopic (exact) mass is 391 g/mol. The number of carbonyl (C=O) groups excluding carboxylic acids is 1. The van der Waals surface area contributed by atoms with E-state index in [1.165, 1.54) is 0 Å². The lowest BCUT2D eigenvalue weighted by molar-refractivity contribution is 0.102. The molecule has 0 unspecified atom stereocenters. The molecule has 134 valence electrons. The number of Topliss-reactive ketones (excluding diaryl/α,β-unsaturated/α-hetero) is 1. The molecule has 0 bridgehead atoms. The lowest BCUT2D eigenvalue weighted by Gasteiger charge is -2.07. The van der Waals surface area contributed by atoms with Gasteiger partial charge in [-0.05, 0) is 17.7 Å². The van der Waals surface area contributed by atoms with Gasteiger partial charge in [-0.15, -0.1) is 11.8 Å². The van der Waals surface area contributed by atoms with Crippen LogP contribution in [0.2, 0.25) is 5.02 Å². The van der Waals surface area contributed by atoms with E-state index >= 15 is 0 Å². The fourth-order valence-electron chi connectivity index (χ4n) is 3.12. The Hall–Kier alpha value is -2.49. The van der Waals surface area contributed by atoms with Crippen LogP contribution in [0, 0.1) is 0 Å². The molecule has 1 aromatic heterocycles. The fourth-order valence-corrected chi connectivity index (χ4v) is 4.30. The molecule has 1 heterocycles. The highest BCUT2D eigenvalue weighted by Crippen LogP contribution is 2.31. The van der Waals surface area contributed by atoms with Crippen LogP contribution in [-0.2, 0) is 6.54 Å². The van der Waals surface area contributed by atoms with E-state index < -0.39 is 0 Å². The van der Waals surface area contributed by atoms with Crippen molar-refractivity contribution in [3.63, 3.8) is 0 Å². The Morgan fingerprint density at radius 3 is 2.41 bits per heavy atom. The van der Waals surface area contributed by atoms with Crippen LogP contribution in [0.4, 0.5) is 0 Å². The highest BCUT2D eigenvalue weighted by molar-refractivity contribution is 8.00. The molecule has 27 heavy (non-hydrogen) atoms. The van der Waals surface area contributed by atoms with Crippen molar-refractivity contribution in [2.45, 2.75) is 11.4 Å². The second-order valence-corrected chi connectivity index (χ2v) is 7.73. The van der Waals surface area contributed by atoms with E-state index in [4.69, 9.17) is 11.6 Å². The summed E-state index contributed by atoms with van der Waals surface area (Å²) in [6.07, 6.45) is 2.12. The van der Waals surface area contributed by atoms with Gasteiger partial charge in [0.25, 0.3) is 0 Å². The third-order valence-corrected chi connectivity index (χ3v) is 5.92. The van der Waals surface area contributed by atoms with Crippen LogP contribution in [0.5, 0.6) is 0 Å². The Kier molecular flexibility index (Phi) is 5.33. The Morgan fingerprint density at radius 2 is 1.59 bits per heavy atom. The van der Waals surface area contributed by atoms with Crippen molar-refractivity contribution < 1.29 is 4.79 Å². The number of benzene rings is 3. The summed E-state index contributed by atoms with van der Waals surface area (Å²) in [5.41, 5.74) is 2.98. The molecule has 0 aliphatic heterocycles. The maximum atomic E-state index is 12.5. The Bertz CT molecular complexity index is 1090. The number of nitrogens with zero attached hydrogens (tertiary/aromatic N) is 1. The maximum absolute atomic E-state index is 12.5. The number of halogens is 1. The lowest BCUT2D eigenvalue weighted by atomic mass is 10.2. The molecule has 4 rings (SSSR count). The van der Waals surface area contributed by atoms with Crippen molar-refractivity contribution >= 4 is 40.0 Å². The van der Waals surface area contributed by atoms with E-state index in [9.17, 15) is 4.79 Å². The van der Waals surface area contributed by atoms with Gasteiger partial charge in [0.05, 0.1) is 5.75 Å². The van der Waals surface area contributed by atoms with E-state index in [-0.39, 0.29) is 5.78 Å². The molecule has 0 saturated heterocycles. The van der Waals surface area contributed by atoms with Crippen molar-refractivity contribution in [2.24, 2.45) is 0 Å². The highest BCUT2D eigenvalue weighted by atomic mass is 35.5. The van der Waals surface area contributed by atoms with Crippen LogP contribution in [0.25, 0.3) is 10.9 Å². The number of carbonyl (C=O) groups is 1. The number of fused-ring (bicyclic) bond motifs is 1. The van der Waals surface area contributed by atoms with E-state index in [1.807, 2.05) is 66.7 Å². The molecule has 0 aliphatic carbocycles. The van der Waals surface area contributed by atoms with Crippen molar-refractivity contribution in [3.8, 4) is 0 Å². The molecule has 0 spiro atoms. The molecule has 3 aromatic carbocycles. The zero-order valence-corrected chi connectivity index (χ0v) is 16.2. The smallest absolute Gasteiger partial charge is 0.173 e. The number of ketones is 1. The van der Waals surface area contributed by atoms with Gasteiger partial charge in [0.2, 0.25) is 0 Å². The van der Waals surface area contributed by atoms with Crippen LogP contribution >= 0.6 is 23.4 Å². The molecule has 4 heteroatoms. The number of hydrogen-bond acceptors (Lipinski definition) is 2. The standard InChI is InChI=1S/C23H18ClNOS/c24-20-12-6-4-10-18(20)14-25-15-23(19-11-5-7-13-21(19)25)27-16-22(26)17-8-2-1-3-9-17/h1-13,15H,14,16H2. The summed E-state index contributed by atoms with van der Waals surface area (Å²) in [6, 6.07) is 25.6. The average Bonchev–Trinajstić information content (AvgIpc) is 3.06. The SMILES string of the molecule is O=C(CSc1cn(Cc2ccccc2Cl)c2ccccc12)c1ccccc1. The predicted molar refractivity (Wildman–Crippen MR) is 114 cm³/mol. The van der Waals surface area contributed by atoms with Gasteiger partial charge < -0.3 is 4.57 Å². The second-order valence-electron chi connectivity index (χ2n) is 6.31. The van der Waals surface area contributed by atoms with Crippen LogP contribution in [0.1, 0.15) is 15.9 Å². The topological polar surface area (TPSA) is 22.0 Å². The summed E-state index contributed by atoms with van der Waals surface area (Å²) in [4.78, 5) is 13.6. The van der Waals surface area contributed by atoms with Crippen LogP contribution in [0.3, 0.4) is 0 Å². The molecular weight excluding hydrogens is 374 g/mol. The highest BCUT2D eigenvalue weighted by Gasteiger charge is 2.12. The van der Waals surface area contributed by atoms with E-state index in [0.29, 0.717) is 12.3 Å². The van der Waals surface area contributed by atoms with Gasteiger partial charge >= 0.3 is 0 Å². The minimum atomic E-state index is 0.142. The molecule has 0 aliphatic rings. The van der Waals surface area contributed by atoms with Crippen molar-refractivity contribution in [1.29, 1.82) is 0 Å². The normalized spacial score (nSPS) is 11.0.